The molecule has 0 unspecified atom stereocenters. The number of amides is 4. The highest BCUT2D eigenvalue weighted by Crippen LogP contribution is 2.34. The highest BCUT2D eigenvalue weighted by Gasteiger charge is 2.56. The van der Waals surface area contributed by atoms with E-state index in [1.807, 2.05) is 0 Å². The number of rotatable bonds is 14. The Morgan fingerprint density at radius 2 is 0.702 bits per heavy atom. The molecule has 4 aliphatic rings. The molecule has 0 saturated carbocycles. The van der Waals surface area contributed by atoms with Gasteiger partial charge in [0.05, 0.1) is 26.4 Å². The number of hydrogen-bond acceptors (Lipinski definition) is 21. The van der Waals surface area contributed by atoms with Crippen LogP contribution in [0.3, 0.4) is 0 Å². The van der Waals surface area contributed by atoms with Crippen molar-refractivity contribution >= 4 is 23.6 Å². The van der Waals surface area contributed by atoms with Gasteiger partial charge in [-0.25, -0.2) is 0 Å². The van der Waals surface area contributed by atoms with Crippen molar-refractivity contribution in [2.24, 2.45) is 0 Å². The molecule has 20 atom stereocenters. The number of ether oxygens (including phenoxy) is 7. The molecule has 0 bridgehead atoms. The van der Waals surface area contributed by atoms with E-state index >= 15 is 0 Å². The Morgan fingerprint density at radius 3 is 1.04 bits per heavy atom. The van der Waals surface area contributed by atoms with Crippen LogP contribution in [0.5, 0.6) is 0 Å². The summed E-state index contributed by atoms with van der Waals surface area (Å²) in [7, 11) is 0. The molecule has 4 rings (SSSR count). The van der Waals surface area contributed by atoms with Gasteiger partial charge >= 0.3 is 0 Å². The molecule has 4 fully saturated rings. The van der Waals surface area contributed by atoms with Gasteiger partial charge in [0.1, 0.15) is 97.4 Å². The van der Waals surface area contributed by atoms with E-state index in [1.165, 1.54) is 0 Å². The van der Waals surface area contributed by atoms with Crippen molar-refractivity contribution in [2.75, 3.05) is 26.4 Å². The minimum atomic E-state index is -1.89. The van der Waals surface area contributed by atoms with Gasteiger partial charge in [0.25, 0.3) is 0 Å². The highest BCUT2D eigenvalue weighted by atomic mass is 16.8. The maximum absolute atomic E-state index is 12.4. The van der Waals surface area contributed by atoms with Gasteiger partial charge in [0.2, 0.25) is 23.6 Å². The minimum absolute atomic E-state index is 0.664. The molecule has 25 nitrogen and oxygen atoms in total. The lowest BCUT2D eigenvalue weighted by atomic mass is 9.93. The third kappa shape index (κ3) is 10.9. The molecule has 4 aliphatic heterocycles. The molecule has 4 heterocycles. The number of carbonyl (C=O) groups is 4. The van der Waals surface area contributed by atoms with E-state index in [4.69, 9.17) is 33.2 Å². The number of hydrogen-bond donors (Lipinski definition) is 14. The highest BCUT2D eigenvalue weighted by molar-refractivity contribution is 5.74. The second kappa shape index (κ2) is 20.4. The molecular formula is C32H54N4O21. The van der Waals surface area contributed by atoms with E-state index < -0.39 is 173 Å². The molecule has 0 aliphatic carbocycles. The monoisotopic (exact) mass is 830 g/mol. The standard InChI is InChI=1S/C32H54N4O21/c1-9(41)33-17-23(47)26(14(6-38)51-29(17)50)55-31-19(35-11(3)43)25(49)28(16(8-40)53-31)57-32-20(36-12(4)44)24(48)27(15(7-39)54-32)56-30-18(34-10(2)42)22(46)21(45)13(5-37)52-30/h13-32,37-40,45-50H,5-8H2,1-4H3,(H,33,41)(H,34,42)(H,35,43)(H,36,44)/t13-,14-,15-,16-,17-,18-,19-,20-,21-,22-,23-,24-,25-,26-,27-,28-,29+,30-,31-,32-/m1/s1. The van der Waals surface area contributed by atoms with Crippen molar-refractivity contribution in [3.8, 4) is 0 Å². The molecule has 0 radical (unpaired) electrons. The zero-order chi connectivity index (χ0) is 42.5. The van der Waals surface area contributed by atoms with Crippen LogP contribution in [0.1, 0.15) is 27.7 Å². The Bertz CT molecular complexity index is 1370. The predicted molar refractivity (Wildman–Crippen MR) is 180 cm³/mol. The van der Waals surface area contributed by atoms with Gasteiger partial charge < -0.3 is 105 Å². The molecule has 25 heteroatoms. The first kappa shape index (κ1) is 46.9. The summed E-state index contributed by atoms with van der Waals surface area (Å²) in [5.41, 5.74) is 0. The molecule has 4 saturated heterocycles. The van der Waals surface area contributed by atoms with E-state index in [0.717, 1.165) is 27.7 Å². The summed E-state index contributed by atoms with van der Waals surface area (Å²) in [6, 6.07) is -6.15. The molecule has 328 valence electrons. The minimum Gasteiger partial charge on any atom is -0.394 e. The molecular weight excluding hydrogens is 776 g/mol. The van der Waals surface area contributed by atoms with E-state index in [9.17, 15) is 70.2 Å². The molecule has 4 amide bonds. The first-order valence-electron chi connectivity index (χ1n) is 18.1. The van der Waals surface area contributed by atoms with Gasteiger partial charge in [-0.05, 0) is 0 Å². The number of aliphatic hydroxyl groups excluding tert-OH is 10. The summed E-state index contributed by atoms with van der Waals surface area (Å²) in [5, 5.41) is 116. The Labute approximate surface area is 325 Å². The van der Waals surface area contributed by atoms with Crippen molar-refractivity contribution < 1.29 is 103 Å². The molecule has 0 aromatic carbocycles. The van der Waals surface area contributed by atoms with Crippen LogP contribution in [-0.2, 0) is 52.3 Å². The lowest BCUT2D eigenvalue weighted by Crippen LogP contribution is -2.71. The van der Waals surface area contributed by atoms with Crippen LogP contribution in [-0.4, -0.2) is 224 Å². The fourth-order valence-electron chi connectivity index (χ4n) is 7.17. The molecule has 0 spiro atoms. The molecule has 57 heavy (non-hydrogen) atoms. The normalized spacial score (nSPS) is 43.8. The Morgan fingerprint density at radius 1 is 0.421 bits per heavy atom. The van der Waals surface area contributed by atoms with E-state index in [-0.39, 0.29) is 0 Å². The summed E-state index contributed by atoms with van der Waals surface area (Å²) in [4.78, 5) is 48.5. The summed E-state index contributed by atoms with van der Waals surface area (Å²) in [5.74, 6) is -2.84. The second-order valence-corrected chi connectivity index (χ2v) is 14.1. The molecule has 0 aromatic heterocycles. The van der Waals surface area contributed by atoms with Crippen LogP contribution >= 0.6 is 0 Å². The van der Waals surface area contributed by atoms with E-state index in [2.05, 4.69) is 21.3 Å². The van der Waals surface area contributed by atoms with Crippen molar-refractivity contribution in [1.29, 1.82) is 0 Å². The first-order valence-corrected chi connectivity index (χ1v) is 18.1. The van der Waals surface area contributed by atoms with Crippen LogP contribution in [0.4, 0.5) is 0 Å². The van der Waals surface area contributed by atoms with Crippen molar-refractivity contribution in [3.05, 3.63) is 0 Å². The summed E-state index contributed by atoms with van der Waals surface area (Å²) in [6.07, 6.45) is -26.9. The van der Waals surface area contributed by atoms with Gasteiger partial charge in [0, 0.05) is 27.7 Å². The summed E-state index contributed by atoms with van der Waals surface area (Å²) < 4.78 is 40.6. The van der Waals surface area contributed by atoms with Crippen LogP contribution in [0.25, 0.3) is 0 Å². The van der Waals surface area contributed by atoms with Crippen LogP contribution in [0.15, 0.2) is 0 Å². The smallest absolute Gasteiger partial charge is 0.217 e. The van der Waals surface area contributed by atoms with Gasteiger partial charge in [-0.15, -0.1) is 0 Å². The van der Waals surface area contributed by atoms with Crippen LogP contribution < -0.4 is 21.3 Å². The predicted octanol–water partition coefficient (Wildman–Crippen LogP) is -9.17. The van der Waals surface area contributed by atoms with Crippen molar-refractivity contribution in [1.82, 2.24) is 21.3 Å². The average Bonchev–Trinajstić information content (AvgIpc) is 3.14. The van der Waals surface area contributed by atoms with Gasteiger partial charge in [-0.1, -0.05) is 0 Å². The zero-order valence-electron chi connectivity index (χ0n) is 31.3. The number of aliphatic hydroxyl groups is 10. The van der Waals surface area contributed by atoms with Crippen molar-refractivity contribution in [3.63, 3.8) is 0 Å². The second-order valence-electron chi connectivity index (χ2n) is 14.1. The molecule has 14 N–H and O–H groups in total. The maximum Gasteiger partial charge on any atom is 0.217 e. The molecule has 0 aromatic rings. The van der Waals surface area contributed by atoms with Crippen LogP contribution in [0.2, 0.25) is 0 Å². The Balaban J connectivity index is 1.61. The zero-order valence-corrected chi connectivity index (χ0v) is 31.3. The fourth-order valence-corrected chi connectivity index (χ4v) is 7.17. The lowest BCUT2D eigenvalue weighted by Gasteiger charge is -2.51. The number of nitrogens with one attached hydrogen (secondary N) is 4. The fraction of sp³-hybridized carbons (Fsp3) is 0.875. The topological polar surface area (TPSA) is 383 Å². The van der Waals surface area contributed by atoms with Crippen molar-refractivity contribution in [2.45, 2.75) is 150 Å². The van der Waals surface area contributed by atoms with Gasteiger partial charge in [0.15, 0.2) is 25.2 Å². The third-order valence-corrected chi connectivity index (χ3v) is 9.81. The van der Waals surface area contributed by atoms with Crippen LogP contribution in [0, 0.1) is 0 Å². The average molecular weight is 831 g/mol. The first-order chi connectivity index (χ1) is 26.9. The third-order valence-electron chi connectivity index (χ3n) is 9.81. The summed E-state index contributed by atoms with van der Waals surface area (Å²) in [6.45, 7) is 0.884. The lowest BCUT2D eigenvalue weighted by molar-refractivity contribution is -0.362. The number of carbonyl (C=O) groups excluding carboxylic acids is 4. The van der Waals surface area contributed by atoms with E-state index in [0.29, 0.717) is 0 Å². The van der Waals surface area contributed by atoms with E-state index in [1.54, 1.807) is 0 Å². The largest absolute Gasteiger partial charge is 0.394 e. The maximum atomic E-state index is 12.4. The SMILES string of the molecule is CC(=O)N[C@@H]1[C@@H](O)[C@H](O[C@H]2O[C@H](CO)[C@@H](O[C@H]3O[C@H](CO)[C@@H](O[C@H]4O[C@H](CO)[C@@H](O)[C@H](O)[C@H]4NC(C)=O)[C@H](O)[C@H]3NC(C)=O)[C@H](O)[C@H]2NC(C)=O)[C@@H](CO)O[C@@H]1O. The summed E-state index contributed by atoms with van der Waals surface area (Å²) >= 11 is 0. The Hall–Kier alpha value is -2.80. The Kier molecular flexibility index (Phi) is 16.8. The quantitative estimate of drug-likeness (QED) is 0.0773. The van der Waals surface area contributed by atoms with Gasteiger partial charge in [-0.3, -0.25) is 19.2 Å². The van der Waals surface area contributed by atoms with Gasteiger partial charge in [-0.2, -0.15) is 0 Å².